The molecule has 3 rings (SSSR count). The van der Waals surface area contributed by atoms with Gasteiger partial charge in [-0.2, -0.15) is 5.26 Å². The number of allylic oxidation sites excluding steroid dienone is 1. The molecule has 30 heavy (non-hydrogen) atoms. The van der Waals surface area contributed by atoms with Gasteiger partial charge in [0.1, 0.15) is 11.1 Å². The van der Waals surface area contributed by atoms with Crippen molar-refractivity contribution < 1.29 is 19.2 Å². The van der Waals surface area contributed by atoms with E-state index in [4.69, 9.17) is 9.47 Å². The van der Waals surface area contributed by atoms with Gasteiger partial charge in [0.05, 0.1) is 23.3 Å². The Hall–Kier alpha value is -4.03. The van der Waals surface area contributed by atoms with Crippen LogP contribution in [-0.2, 0) is 4.79 Å². The van der Waals surface area contributed by atoms with Crippen LogP contribution in [0.15, 0.2) is 47.8 Å². The summed E-state index contributed by atoms with van der Waals surface area (Å²) in [5.74, 6) is 0.188. The lowest BCUT2D eigenvalue weighted by molar-refractivity contribution is -0.384. The van der Waals surface area contributed by atoms with Crippen LogP contribution in [0.2, 0.25) is 0 Å². The standard InChI is InChI=1S/C21H15N3O5S/c1-13(25)29-19-8-3-14(10-20(19)28-2)9-16(11-22)21-23-18(12-30-21)15-4-6-17(7-5-15)24(26)27/h3-10,12H,1-2H3/b16-9-. The van der Waals surface area contributed by atoms with Crippen molar-refractivity contribution in [3.8, 4) is 28.8 Å². The zero-order valence-corrected chi connectivity index (χ0v) is 16.8. The number of hydrogen-bond acceptors (Lipinski definition) is 8. The maximum absolute atomic E-state index is 11.2. The lowest BCUT2D eigenvalue weighted by Gasteiger charge is -2.08. The van der Waals surface area contributed by atoms with E-state index in [1.165, 1.54) is 37.5 Å². The molecule has 150 valence electrons. The molecule has 1 aromatic heterocycles. The number of esters is 1. The van der Waals surface area contributed by atoms with E-state index in [0.717, 1.165) is 0 Å². The normalized spacial score (nSPS) is 10.9. The van der Waals surface area contributed by atoms with Crippen LogP contribution < -0.4 is 9.47 Å². The van der Waals surface area contributed by atoms with E-state index in [1.54, 1.807) is 41.8 Å². The third kappa shape index (κ3) is 4.68. The number of rotatable bonds is 6. The van der Waals surface area contributed by atoms with Gasteiger partial charge in [-0.15, -0.1) is 11.3 Å². The molecule has 0 aliphatic heterocycles. The Morgan fingerprint density at radius 3 is 2.57 bits per heavy atom. The first-order chi connectivity index (χ1) is 14.4. The van der Waals surface area contributed by atoms with Crippen LogP contribution in [-0.4, -0.2) is 23.0 Å². The third-order valence-electron chi connectivity index (χ3n) is 3.98. The van der Waals surface area contributed by atoms with E-state index >= 15 is 0 Å². The Morgan fingerprint density at radius 1 is 1.23 bits per heavy atom. The Morgan fingerprint density at radius 2 is 1.97 bits per heavy atom. The SMILES string of the molecule is COc1cc(/C=C(/C#N)c2nc(-c3ccc([N+](=O)[O-])cc3)cs2)ccc1OC(C)=O. The summed E-state index contributed by atoms with van der Waals surface area (Å²) < 4.78 is 10.3. The van der Waals surface area contributed by atoms with E-state index in [-0.39, 0.29) is 11.4 Å². The number of methoxy groups -OCH3 is 1. The molecule has 0 bridgehead atoms. The lowest BCUT2D eigenvalue weighted by Crippen LogP contribution is -2.03. The molecule has 0 unspecified atom stereocenters. The summed E-state index contributed by atoms with van der Waals surface area (Å²) >= 11 is 1.29. The van der Waals surface area contributed by atoms with Crippen molar-refractivity contribution in [2.75, 3.05) is 7.11 Å². The number of nitrogens with zero attached hydrogens (tertiary/aromatic N) is 3. The van der Waals surface area contributed by atoms with Gasteiger partial charge in [-0.1, -0.05) is 6.07 Å². The lowest BCUT2D eigenvalue weighted by atomic mass is 10.1. The van der Waals surface area contributed by atoms with E-state index < -0.39 is 10.9 Å². The van der Waals surface area contributed by atoms with Gasteiger partial charge in [-0.05, 0) is 35.9 Å². The fourth-order valence-electron chi connectivity index (χ4n) is 2.61. The number of aromatic nitrogens is 1. The predicted octanol–water partition coefficient (Wildman–Crippen LogP) is 4.72. The first-order valence-electron chi connectivity index (χ1n) is 8.60. The quantitative estimate of drug-likeness (QED) is 0.186. The van der Waals surface area contributed by atoms with Crippen LogP contribution in [0.3, 0.4) is 0 Å². The van der Waals surface area contributed by atoms with Gasteiger partial charge in [0, 0.05) is 30.0 Å². The van der Waals surface area contributed by atoms with E-state index in [2.05, 4.69) is 11.1 Å². The molecular formula is C21H15N3O5S. The molecule has 0 aliphatic rings. The Balaban J connectivity index is 1.89. The summed E-state index contributed by atoms with van der Waals surface area (Å²) in [5, 5.41) is 22.7. The maximum atomic E-state index is 11.2. The Labute approximate surface area is 175 Å². The number of hydrogen-bond donors (Lipinski definition) is 0. The summed E-state index contributed by atoms with van der Waals surface area (Å²) in [4.78, 5) is 26.0. The van der Waals surface area contributed by atoms with Gasteiger partial charge in [0.25, 0.3) is 5.69 Å². The number of nitro groups is 1. The molecular weight excluding hydrogens is 406 g/mol. The highest BCUT2D eigenvalue weighted by Crippen LogP contribution is 2.31. The molecule has 0 amide bonds. The van der Waals surface area contributed by atoms with Crippen molar-refractivity contribution in [2.45, 2.75) is 6.92 Å². The van der Waals surface area contributed by atoms with Crippen molar-refractivity contribution in [3.63, 3.8) is 0 Å². The second kappa shape index (κ2) is 8.98. The van der Waals surface area contributed by atoms with Gasteiger partial charge < -0.3 is 9.47 Å². The number of thiazole rings is 1. The second-order valence-electron chi connectivity index (χ2n) is 6.02. The largest absolute Gasteiger partial charge is 0.493 e. The van der Waals surface area contributed by atoms with Crippen molar-refractivity contribution in [3.05, 3.63) is 68.5 Å². The smallest absolute Gasteiger partial charge is 0.308 e. The van der Waals surface area contributed by atoms with Gasteiger partial charge in [-0.25, -0.2) is 4.98 Å². The van der Waals surface area contributed by atoms with Crippen LogP contribution >= 0.6 is 11.3 Å². The average Bonchev–Trinajstić information content (AvgIpc) is 3.22. The minimum atomic E-state index is -0.465. The van der Waals surface area contributed by atoms with Crippen LogP contribution in [0.4, 0.5) is 5.69 Å². The van der Waals surface area contributed by atoms with E-state index in [9.17, 15) is 20.2 Å². The van der Waals surface area contributed by atoms with Gasteiger partial charge in [0.2, 0.25) is 0 Å². The fraction of sp³-hybridized carbons (Fsp3) is 0.0952. The van der Waals surface area contributed by atoms with E-state index in [1.807, 2.05) is 0 Å². The number of ether oxygens (including phenoxy) is 2. The summed E-state index contributed by atoms with van der Waals surface area (Å²) in [6.45, 7) is 1.30. The van der Waals surface area contributed by atoms with E-state index in [0.29, 0.717) is 33.2 Å². The molecule has 0 fully saturated rings. The van der Waals surface area contributed by atoms with Crippen LogP contribution in [0.1, 0.15) is 17.5 Å². The highest BCUT2D eigenvalue weighted by Gasteiger charge is 2.12. The number of benzene rings is 2. The summed E-state index contributed by atoms with van der Waals surface area (Å²) in [7, 11) is 1.46. The Bertz CT molecular complexity index is 1180. The zero-order chi connectivity index (χ0) is 21.7. The molecule has 0 radical (unpaired) electrons. The van der Waals surface area contributed by atoms with Gasteiger partial charge in [-0.3, -0.25) is 14.9 Å². The summed E-state index contributed by atoms with van der Waals surface area (Å²) in [5.41, 5.74) is 2.35. The monoisotopic (exact) mass is 421 g/mol. The minimum Gasteiger partial charge on any atom is -0.493 e. The summed E-state index contributed by atoms with van der Waals surface area (Å²) in [6, 6.07) is 13.1. The molecule has 0 saturated carbocycles. The van der Waals surface area contributed by atoms with Crippen LogP contribution in [0, 0.1) is 21.4 Å². The number of carbonyl (C=O) groups excluding carboxylic acids is 1. The van der Waals surface area contributed by atoms with Gasteiger partial charge in [0.15, 0.2) is 11.5 Å². The van der Waals surface area contributed by atoms with Gasteiger partial charge >= 0.3 is 5.97 Å². The number of nitro benzene ring substituents is 1. The molecule has 0 N–H and O–H groups in total. The van der Waals surface area contributed by atoms with Crippen molar-refractivity contribution in [2.24, 2.45) is 0 Å². The first kappa shape index (κ1) is 20.7. The molecule has 9 heteroatoms. The Kier molecular flexibility index (Phi) is 6.20. The highest BCUT2D eigenvalue weighted by atomic mass is 32.1. The molecule has 3 aromatic rings. The fourth-order valence-corrected chi connectivity index (χ4v) is 3.40. The minimum absolute atomic E-state index is 0.00189. The highest BCUT2D eigenvalue weighted by molar-refractivity contribution is 7.11. The third-order valence-corrected chi connectivity index (χ3v) is 4.86. The van der Waals surface area contributed by atoms with Crippen molar-refractivity contribution in [1.29, 1.82) is 5.26 Å². The number of nitriles is 1. The van der Waals surface area contributed by atoms with Crippen molar-refractivity contribution >= 4 is 34.6 Å². The molecule has 8 nitrogen and oxygen atoms in total. The molecule has 0 aliphatic carbocycles. The number of carbonyl (C=O) groups is 1. The molecule has 2 aromatic carbocycles. The number of non-ortho nitro benzene ring substituents is 1. The average molecular weight is 421 g/mol. The molecule has 1 heterocycles. The maximum Gasteiger partial charge on any atom is 0.308 e. The van der Waals surface area contributed by atoms with Crippen molar-refractivity contribution in [1.82, 2.24) is 4.98 Å². The molecule has 0 atom stereocenters. The first-order valence-corrected chi connectivity index (χ1v) is 9.48. The second-order valence-corrected chi connectivity index (χ2v) is 6.87. The topological polar surface area (TPSA) is 115 Å². The van der Waals surface area contributed by atoms with Crippen LogP contribution in [0.5, 0.6) is 11.5 Å². The van der Waals surface area contributed by atoms with Crippen LogP contribution in [0.25, 0.3) is 22.9 Å². The molecule has 0 saturated heterocycles. The predicted molar refractivity (Wildman–Crippen MR) is 112 cm³/mol. The zero-order valence-electron chi connectivity index (χ0n) is 16.0. The summed E-state index contributed by atoms with van der Waals surface area (Å²) in [6.07, 6.45) is 1.65. The molecule has 0 spiro atoms.